The van der Waals surface area contributed by atoms with E-state index in [1.807, 2.05) is 6.92 Å². The molecule has 0 aromatic rings. The molecule has 4 nitrogen and oxygen atoms in total. The lowest BCUT2D eigenvalue weighted by Crippen LogP contribution is -2.63. The van der Waals surface area contributed by atoms with Crippen molar-refractivity contribution in [2.45, 2.75) is 83.8 Å². The molecule has 1 heterocycles. The SMILES string of the molecule is CCOC1CC(O)C12CCN(C(=O)C1(C)CCCCCC1)CC2. The third-order valence-electron chi connectivity index (χ3n) is 6.82. The fourth-order valence-electron chi connectivity index (χ4n) is 5.05. The largest absolute Gasteiger partial charge is 0.392 e. The van der Waals surface area contributed by atoms with Crippen LogP contribution in [0.5, 0.6) is 0 Å². The molecule has 1 spiro atoms. The summed E-state index contributed by atoms with van der Waals surface area (Å²) in [6.07, 6.45) is 9.48. The van der Waals surface area contributed by atoms with Crippen LogP contribution in [0.4, 0.5) is 0 Å². The van der Waals surface area contributed by atoms with Crippen molar-refractivity contribution < 1.29 is 14.6 Å². The van der Waals surface area contributed by atoms with Crippen LogP contribution in [0.3, 0.4) is 0 Å². The van der Waals surface area contributed by atoms with E-state index in [2.05, 4.69) is 11.8 Å². The Bertz CT molecular complexity index is 418. The van der Waals surface area contributed by atoms with Gasteiger partial charge < -0.3 is 14.7 Å². The Morgan fingerprint density at radius 1 is 1.13 bits per heavy atom. The molecule has 0 radical (unpaired) electrons. The highest BCUT2D eigenvalue weighted by molar-refractivity contribution is 5.82. The number of hydrogen-bond donors (Lipinski definition) is 1. The van der Waals surface area contributed by atoms with Gasteiger partial charge in [0.2, 0.25) is 5.91 Å². The Kier molecular flexibility index (Phi) is 5.03. The number of hydrogen-bond acceptors (Lipinski definition) is 3. The average molecular weight is 323 g/mol. The molecule has 3 rings (SSSR count). The van der Waals surface area contributed by atoms with Crippen molar-refractivity contribution in [3.8, 4) is 0 Å². The Morgan fingerprint density at radius 3 is 2.26 bits per heavy atom. The van der Waals surface area contributed by atoms with E-state index in [-0.39, 0.29) is 23.0 Å². The number of carbonyl (C=O) groups is 1. The van der Waals surface area contributed by atoms with Crippen molar-refractivity contribution in [2.24, 2.45) is 10.8 Å². The highest BCUT2D eigenvalue weighted by Gasteiger charge is 2.56. The number of aliphatic hydroxyl groups is 1. The average Bonchev–Trinajstić information content (AvgIpc) is 2.80. The number of rotatable bonds is 3. The molecule has 2 unspecified atom stereocenters. The third-order valence-corrected chi connectivity index (χ3v) is 6.82. The van der Waals surface area contributed by atoms with Gasteiger partial charge in [-0.3, -0.25) is 4.79 Å². The Labute approximate surface area is 140 Å². The molecule has 0 aromatic carbocycles. The lowest BCUT2D eigenvalue weighted by molar-refractivity contribution is -0.211. The van der Waals surface area contributed by atoms with E-state index >= 15 is 0 Å². The number of piperidine rings is 1. The van der Waals surface area contributed by atoms with Crippen LogP contribution in [0.25, 0.3) is 0 Å². The summed E-state index contributed by atoms with van der Waals surface area (Å²) in [6, 6.07) is 0. The van der Waals surface area contributed by atoms with Crippen LogP contribution in [-0.4, -0.2) is 47.8 Å². The van der Waals surface area contributed by atoms with Gasteiger partial charge in [-0.1, -0.05) is 32.6 Å². The number of aliphatic hydroxyl groups excluding tert-OH is 1. The second-order valence-electron chi connectivity index (χ2n) is 8.20. The van der Waals surface area contributed by atoms with E-state index in [4.69, 9.17) is 4.74 Å². The topological polar surface area (TPSA) is 49.8 Å². The van der Waals surface area contributed by atoms with Gasteiger partial charge in [-0.05, 0) is 32.6 Å². The first kappa shape index (κ1) is 17.2. The van der Waals surface area contributed by atoms with E-state index < -0.39 is 0 Å². The van der Waals surface area contributed by atoms with Crippen molar-refractivity contribution in [3.63, 3.8) is 0 Å². The van der Waals surface area contributed by atoms with Crippen LogP contribution in [0.2, 0.25) is 0 Å². The summed E-state index contributed by atoms with van der Waals surface area (Å²) in [7, 11) is 0. The van der Waals surface area contributed by atoms with Crippen LogP contribution < -0.4 is 0 Å². The van der Waals surface area contributed by atoms with Gasteiger partial charge in [-0.15, -0.1) is 0 Å². The van der Waals surface area contributed by atoms with E-state index in [1.54, 1.807) is 0 Å². The lowest BCUT2D eigenvalue weighted by Gasteiger charge is -2.57. The molecule has 23 heavy (non-hydrogen) atoms. The second kappa shape index (κ2) is 6.72. The van der Waals surface area contributed by atoms with Gasteiger partial charge in [0.15, 0.2) is 0 Å². The van der Waals surface area contributed by atoms with Crippen molar-refractivity contribution in [1.29, 1.82) is 0 Å². The molecular formula is C19H33NO3. The normalized spacial score (nSPS) is 33.1. The summed E-state index contributed by atoms with van der Waals surface area (Å²) >= 11 is 0. The molecule has 3 aliphatic rings. The zero-order valence-electron chi connectivity index (χ0n) is 14.9. The van der Waals surface area contributed by atoms with Crippen molar-refractivity contribution in [1.82, 2.24) is 4.90 Å². The van der Waals surface area contributed by atoms with Gasteiger partial charge in [0.05, 0.1) is 12.2 Å². The molecule has 2 aliphatic carbocycles. The molecule has 2 saturated carbocycles. The van der Waals surface area contributed by atoms with Crippen molar-refractivity contribution in [3.05, 3.63) is 0 Å². The van der Waals surface area contributed by atoms with Gasteiger partial charge in [0, 0.05) is 36.9 Å². The van der Waals surface area contributed by atoms with Crippen molar-refractivity contribution in [2.75, 3.05) is 19.7 Å². The van der Waals surface area contributed by atoms with Crippen LogP contribution in [0.1, 0.15) is 71.6 Å². The predicted molar refractivity (Wildman–Crippen MR) is 90.1 cm³/mol. The molecule has 1 saturated heterocycles. The maximum atomic E-state index is 13.1. The van der Waals surface area contributed by atoms with E-state index in [0.29, 0.717) is 12.5 Å². The molecule has 0 bridgehead atoms. The first-order valence-electron chi connectivity index (χ1n) is 9.61. The molecule has 132 valence electrons. The summed E-state index contributed by atoms with van der Waals surface area (Å²) in [5, 5.41) is 10.3. The van der Waals surface area contributed by atoms with E-state index in [1.165, 1.54) is 25.7 Å². The summed E-state index contributed by atoms with van der Waals surface area (Å²) in [4.78, 5) is 15.1. The molecular weight excluding hydrogens is 290 g/mol. The fourth-order valence-corrected chi connectivity index (χ4v) is 5.05. The zero-order chi connectivity index (χ0) is 16.5. The number of ether oxygens (including phenoxy) is 1. The van der Waals surface area contributed by atoms with E-state index in [0.717, 1.165) is 45.2 Å². The minimum absolute atomic E-state index is 0.0862. The summed E-state index contributed by atoms with van der Waals surface area (Å²) in [5.41, 5.74) is -0.240. The Balaban J connectivity index is 1.61. The molecule has 0 aromatic heterocycles. The first-order chi connectivity index (χ1) is 11.0. The number of likely N-dealkylation sites (tertiary alicyclic amines) is 1. The summed E-state index contributed by atoms with van der Waals surface area (Å²) < 4.78 is 5.83. The highest BCUT2D eigenvalue weighted by Crippen LogP contribution is 2.51. The molecule has 2 atom stereocenters. The molecule has 3 fully saturated rings. The smallest absolute Gasteiger partial charge is 0.228 e. The van der Waals surface area contributed by atoms with Crippen molar-refractivity contribution >= 4 is 5.91 Å². The monoisotopic (exact) mass is 323 g/mol. The zero-order valence-corrected chi connectivity index (χ0v) is 14.9. The predicted octanol–water partition coefficient (Wildman–Crippen LogP) is 3.13. The fraction of sp³-hybridized carbons (Fsp3) is 0.947. The Hall–Kier alpha value is -0.610. The molecule has 1 N–H and O–H groups in total. The van der Waals surface area contributed by atoms with Gasteiger partial charge in [-0.25, -0.2) is 0 Å². The van der Waals surface area contributed by atoms with Gasteiger partial charge >= 0.3 is 0 Å². The second-order valence-corrected chi connectivity index (χ2v) is 8.20. The summed E-state index contributed by atoms with van der Waals surface area (Å²) in [6.45, 7) is 6.47. The van der Waals surface area contributed by atoms with Gasteiger partial charge in [-0.2, -0.15) is 0 Å². The standard InChI is InChI=1S/C19H33NO3/c1-3-23-16-14-15(21)19(16)10-12-20(13-11-19)17(22)18(2)8-6-4-5-7-9-18/h15-16,21H,3-14H2,1-2H3. The first-order valence-corrected chi connectivity index (χ1v) is 9.61. The van der Waals surface area contributed by atoms with Gasteiger partial charge in [0.25, 0.3) is 0 Å². The highest BCUT2D eigenvalue weighted by atomic mass is 16.5. The maximum Gasteiger partial charge on any atom is 0.228 e. The quantitative estimate of drug-likeness (QED) is 0.812. The Morgan fingerprint density at radius 2 is 1.74 bits per heavy atom. The molecule has 4 heteroatoms. The third kappa shape index (κ3) is 3.05. The van der Waals surface area contributed by atoms with E-state index in [9.17, 15) is 9.90 Å². The number of carbonyl (C=O) groups excluding carboxylic acids is 1. The number of nitrogens with zero attached hydrogens (tertiary/aromatic N) is 1. The van der Waals surface area contributed by atoms with Crippen LogP contribution >= 0.6 is 0 Å². The lowest BCUT2D eigenvalue weighted by atomic mass is 9.58. The number of amides is 1. The molecule has 1 amide bonds. The minimum Gasteiger partial charge on any atom is -0.392 e. The summed E-state index contributed by atoms with van der Waals surface area (Å²) in [5.74, 6) is 0.357. The van der Waals surface area contributed by atoms with Crippen LogP contribution in [0, 0.1) is 10.8 Å². The molecule has 1 aliphatic heterocycles. The van der Waals surface area contributed by atoms with Crippen LogP contribution in [0.15, 0.2) is 0 Å². The maximum absolute atomic E-state index is 13.1. The van der Waals surface area contributed by atoms with Gasteiger partial charge in [0.1, 0.15) is 0 Å². The van der Waals surface area contributed by atoms with Crippen LogP contribution in [-0.2, 0) is 9.53 Å². The minimum atomic E-state index is -0.246.